The third kappa shape index (κ3) is 6.12. The first kappa shape index (κ1) is 21.9. The Morgan fingerprint density at radius 2 is 1.00 bits per heavy atom. The predicted octanol–water partition coefficient (Wildman–Crippen LogP) is 2.66. The van der Waals surface area contributed by atoms with E-state index in [1.54, 1.807) is 49.1 Å². The zero-order valence-corrected chi connectivity index (χ0v) is 20.2. The van der Waals surface area contributed by atoms with Gasteiger partial charge in [-0.25, -0.2) is 0 Å². The van der Waals surface area contributed by atoms with Crippen LogP contribution >= 0.6 is 0 Å². The van der Waals surface area contributed by atoms with Gasteiger partial charge in [0, 0.05) is 0 Å². The van der Waals surface area contributed by atoms with Crippen LogP contribution in [0.2, 0.25) is 0 Å². The Hall–Kier alpha value is -3.28. The van der Waals surface area contributed by atoms with Crippen molar-refractivity contribution in [1.82, 2.24) is 9.97 Å². The van der Waals surface area contributed by atoms with Gasteiger partial charge in [-0.2, -0.15) is 0 Å². The first-order valence-electron chi connectivity index (χ1n) is 9.58. The third-order valence-electron chi connectivity index (χ3n) is 4.21. The SMILES string of the molecule is Oc1cccnc1C=Nc1ccc([Se][Se]c2ccc(N=Cc3ncccc3O)cc2)cc1. The average Bonchev–Trinajstić information content (AvgIpc) is 2.83. The minimum absolute atomic E-state index is 0.116. The molecule has 0 aliphatic heterocycles. The Bertz CT molecular complexity index is 1140. The molecule has 158 valence electrons. The number of nitrogens with zero attached hydrogens (tertiary/aromatic N) is 4. The fourth-order valence-corrected chi connectivity index (χ4v) is 8.52. The molecule has 32 heavy (non-hydrogen) atoms. The number of rotatable bonds is 7. The Morgan fingerprint density at radius 1 is 0.594 bits per heavy atom. The second kappa shape index (κ2) is 10.8. The van der Waals surface area contributed by atoms with Crippen LogP contribution in [-0.4, -0.2) is 58.9 Å². The minimum atomic E-state index is 0.116. The normalized spacial score (nSPS) is 11.4. The van der Waals surface area contributed by atoms with Crippen molar-refractivity contribution in [2.45, 2.75) is 0 Å². The summed E-state index contributed by atoms with van der Waals surface area (Å²) in [5.74, 6) is 0.232. The summed E-state index contributed by atoms with van der Waals surface area (Å²) >= 11 is 0.720. The molecule has 6 nitrogen and oxygen atoms in total. The van der Waals surface area contributed by atoms with Crippen molar-refractivity contribution in [3.63, 3.8) is 0 Å². The van der Waals surface area contributed by atoms with E-state index in [1.807, 2.05) is 24.3 Å². The van der Waals surface area contributed by atoms with Crippen molar-refractivity contribution < 1.29 is 10.2 Å². The quantitative estimate of drug-likeness (QED) is 0.273. The van der Waals surface area contributed by atoms with Gasteiger partial charge in [-0.15, -0.1) is 0 Å². The zero-order valence-electron chi connectivity index (χ0n) is 16.7. The summed E-state index contributed by atoms with van der Waals surface area (Å²) in [5, 5.41) is 19.5. The van der Waals surface area contributed by atoms with Crippen LogP contribution in [0.15, 0.2) is 95.2 Å². The molecule has 0 radical (unpaired) electrons. The van der Waals surface area contributed by atoms with E-state index in [-0.39, 0.29) is 11.5 Å². The van der Waals surface area contributed by atoms with E-state index in [0.717, 1.165) is 11.4 Å². The van der Waals surface area contributed by atoms with Gasteiger partial charge in [0.2, 0.25) is 0 Å². The van der Waals surface area contributed by atoms with E-state index >= 15 is 0 Å². The van der Waals surface area contributed by atoms with Gasteiger partial charge in [0.25, 0.3) is 0 Å². The van der Waals surface area contributed by atoms with Crippen LogP contribution in [-0.2, 0) is 0 Å². The fourth-order valence-electron chi connectivity index (χ4n) is 2.56. The molecule has 0 spiro atoms. The first-order chi connectivity index (χ1) is 15.7. The van der Waals surface area contributed by atoms with Crippen LogP contribution in [0.4, 0.5) is 11.4 Å². The Labute approximate surface area is 196 Å². The number of hydrogen-bond donors (Lipinski definition) is 2. The summed E-state index contributed by atoms with van der Waals surface area (Å²) in [6.07, 6.45) is 6.38. The van der Waals surface area contributed by atoms with Crippen LogP contribution in [0.1, 0.15) is 11.4 Å². The van der Waals surface area contributed by atoms with Gasteiger partial charge in [0.1, 0.15) is 0 Å². The number of aliphatic imine (C=N–C) groups is 2. The van der Waals surface area contributed by atoms with Crippen LogP contribution in [0.5, 0.6) is 11.5 Å². The molecule has 0 aliphatic carbocycles. The molecule has 0 amide bonds. The van der Waals surface area contributed by atoms with Crippen molar-refractivity contribution in [2.24, 2.45) is 9.98 Å². The Morgan fingerprint density at radius 3 is 1.38 bits per heavy atom. The second-order valence-corrected chi connectivity index (χ2v) is 12.8. The van der Waals surface area contributed by atoms with E-state index in [4.69, 9.17) is 0 Å². The number of aromatic nitrogens is 2. The Kier molecular flexibility index (Phi) is 7.43. The number of aromatic hydroxyl groups is 2. The summed E-state index contributed by atoms with van der Waals surface area (Å²) in [4.78, 5) is 17.0. The molecule has 2 N–H and O–H groups in total. The molecule has 0 unspecified atom stereocenters. The third-order valence-corrected chi connectivity index (χ3v) is 11.4. The summed E-state index contributed by atoms with van der Waals surface area (Å²) < 4.78 is 2.62. The molecule has 0 aliphatic rings. The van der Waals surface area contributed by atoms with Crippen molar-refractivity contribution in [3.05, 3.63) is 96.6 Å². The van der Waals surface area contributed by atoms with Crippen molar-refractivity contribution >= 4 is 59.0 Å². The Balaban J connectivity index is 1.32. The molecule has 0 atom stereocenters. The summed E-state index contributed by atoms with van der Waals surface area (Å²) in [5.41, 5.74) is 2.55. The molecular weight excluding hydrogens is 534 g/mol. The van der Waals surface area contributed by atoms with Gasteiger partial charge in [0.15, 0.2) is 0 Å². The van der Waals surface area contributed by atoms with Crippen LogP contribution in [0, 0.1) is 0 Å². The zero-order chi connectivity index (χ0) is 22.2. The molecule has 0 saturated carbocycles. The molecule has 2 heterocycles. The molecule has 8 heteroatoms. The van der Waals surface area contributed by atoms with Crippen molar-refractivity contribution in [2.75, 3.05) is 0 Å². The van der Waals surface area contributed by atoms with Gasteiger partial charge in [-0.3, -0.25) is 0 Å². The summed E-state index contributed by atoms with van der Waals surface area (Å²) in [6, 6.07) is 22.9. The molecule has 2 aromatic carbocycles. The van der Waals surface area contributed by atoms with E-state index in [0.29, 0.717) is 37.7 Å². The van der Waals surface area contributed by atoms with Gasteiger partial charge < -0.3 is 0 Å². The van der Waals surface area contributed by atoms with Crippen molar-refractivity contribution in [1.29, 1.82) is 0 Å². The molecule has 0 fully saturated rings. The second-order valence-electron chi connectivity index (χ2n) is 6.49. The van der Waals surface area contributed by atoms with Gasteiger partial charge in [-0.1, -0.05) is 0 Å². The molecule has 0 bridgehead atoms. The maximum atomic E-state index is 9.75. The van der Waals surface area contributed by atoms with E-state index in [1.165, 1.54) is 8.92 Å². The standard InChI is InChI=1S/C24H18N4O2Se2/c29-23-3-1-13-25-21(23)15-27-17-5-9-19(10-6-17)31-32-20-11-7-18(8-12-20)28-16-22-24(30)4-2-14-26-22/h1-16,29-30H. The molecular formula is C24H18N4O2Se2. The van der Waals surface area contributed by atoms with E-state index in [9.17, 15) is 10.2 Å². The summed E-state index contributed by atoms with van der Waals surface area (Å²) in [6.45, 7) is 0. The monoisotopic (exact) mass is 554 g/mol. The number of pyridine rings is 2. The van der Waals surface area contributed by atoms with E-state index in [2.05, 4.69) is 44.2 Å². The average molecular weight is 552 g/mol. The van der Waals surface area contributed by atoms with Gasteiger partial charge in [0.05, 0.1) is 0 Å². The number of hydrogen-bond acceptors (Lipinski definition) is 6. The fraction of sp³-hybridized carbons (Fsp3) is 0. The van der Waals surface area contributed by atoms with Crippen LogP contribution < -0.4 is 8.92 Å². The van der Waals surface area contributed by atoms with Crippen LogP contribution in [0.25, 0.3) is 0 Å². The molecule has 4 aromatic rings. The molecule has 4 rings (SSSR count). The predicted molar refractivity (Wildman–Crippen MR) is 130 cm³/mol. The van der Waals surface area contributed by atoms with Crippen LogP contribution in [0.3, 0.4) is 0 Å². The topological polar surface area (TPSA) is 91.0 Å². The molecule has 2 aromatic heterocycles. The first-order valence-corrected chi connectivity index (χ1v) is 15.6. The van der Waals surface area contributed by atoms with Gasteiger partial charge in [-0.05, 0) is 0 Å². The number of benzene rings is 2. The molecule has 0 saturated heterocycles. The maximum absolute atomic E-state index is 9.75. The van der Waals surface area contributed by atoms with Gasteiger partial charge >= 0.3 is 197 Å². The van der Waals surface area contributed by atoms with Crippen molar-refractivity contribution in [3.8, 4) is 11.5 Å². The summed E-state index contributed by atoms with van der Waals surface area (Å²) in [7, 11) is 0. The van der Waals surface area contributed by atoms with E-state index < -0.39 is 0 Å².